The van der Waals surface area contributed by atoms with E-state index >= 15 is 0 Å². The van der Waals surface area contributed by atoms with Crippen molar-refractivity contribution in [1.29, 1.82) is 0 Å². The van der Waals surface area contributed by atoms with E-state index < -0.39 is 5.41 Å². The molecule has 1 rings (SSSR count). The van der Waals surface area contributed by atoms with Gasteiger partial charge in [0, 0.05) is 0 Å². The van der Waals surface area contributed by atoms with E-state index in [0.29, 0.717) is 6.42 Å². The number of carbonyl (C=O) groups excluding carboxylic acids is 1. The summed E-state index contributed by atoms with van der Waals surface area (Å²) in [4.78, 5) is 11.7. The van der Waals surface area contributed by atoms with Crippen LogP contribution >= 0.6 is 0 Å². The van der Waals surface area contributed by atoms with Crippen molar-refractivity contribution in [2.45, 2.75) is 34.1 Å². The van der Waals surface area contributed by atoms with E-state index in [1.54, 1.807) is 7.11 Å². The molecule has 1 aromatic rings. The quantitative estimate of drug-likeness (QED) is 0.770. The first-order chi connectivity index (χ1) is 8.31. The number of methoxy groups -OCH3 is 2. The van der Waals surface area contributed by atoms with Gasteiger partial charge in [-0.25, -0.2) is 0 Å². The second-order valence-corrected chi connectivity index (χ2v) is 5.32. The van der Waals surface area contributed by atoms with Gasteiger partial charge in [0.1, 0.15) is 5.75 Å². The summed E-state index contributed by atoms with van der Waals surface area (Å²) in [5.74, 6) is 0.725. The van der Waals surface area contributed by atoms with Crippen LogP contribution in [-0.4, -0.2) is 20.2 Å². The molecule has 0 saturated heterocycles. The fraction of sp³-hybridized carbons (Fsp3) is 0.533. The molecule has 0 N–H and O–H groups in total. The summed E-state index contributed by atoms with van der Waals surface area (Å²) in [7, 11) is 3.10. The Balaban J connectivity index is 3.03. The average Bonchev–Trinajstić information content (AvgIpc) is 2.26. The molecule has 0 unspecified atom stereocenters. The van der Waals surface area contributed by atoms with Gasteiger partial charge in [-0.3, -0.25) is 4.79 Å². The van der Waals surface area contributed by atoms with Crippen LogP contribution in [0.4, 0.5) is 0 Å². The zero-order chi connectivity index (χ0) is 13.9. The van der Waals surface area contributed by atoms with Crippen molar-refractivity contribution in [3.05, 3.63) is 28.8 Å². The van der Waals surface area contributed by atoms with Crippen LogP contribution in [-0.2, 0) is 16.0 Å². The van der Waals surface area contributed by atoms with Crippen molar-refractivity contribution >= 4 is 5.97 Å². The normalized spacial score (nSPS) is 11.2. The number of carbonyl (C=O) groups is 1. The van der Waals surface area contributed by atoms with Crippen LogP contribution in [0.25, 0.3) is 0 Å². The summed E-state index contributed by atoms with van der Waals surface area (Å²) >= 11 is 0. The highest BCUT2D eigenvalue weighted by Gasteiger charge is 2.29. The Morgan fingerprint density at radius 3 is 2.06 bits per heavy atom. The molecule has 3 nitrogen and oxygen atoms in total. The Labute approximate surface area is 109 Å². The van der Waals surface area contributed by atoms with Crippen molar-refractivity contribution < 1.29 is 14.3 Å². The second kappa shape index (κ2) is 5.42. The van der Waals surface area contributed by atoms with Gasteiger partial charge < -0.3 is 9.47 Å². The Morgan fingerprint density at radius 2 is 1.67 bits per heavy atom. The van der Waals surface area contributed by atoms with Gasteiger partial charge in [0.15, 0.2) is 0 Å². The molecule has 0 aromatic heterocycles. The van der Waals surface area contributed by atoms with Gasteiger partial charge in [0.25, 0.3) is 0 Å². The predicted octanol–water partition coefficient (Wildman–Crippen LogP) is 3.05. The predicted molar refractivity (Wildman–Crippen MR) is 72.0 cm³/mol. The van der Waals surface area contributed by atoms with Gasteiger partial charge in [0.05, 0.1) is 19.6 Å². The molecule has 18 heavy (non-hydrogen) atoms. The molecule has 0 atom stereocenters. The first kappa shape index (κ1) is 14.6. The summed E-state index contributed by atoms with van der Waals surface area (Å²) in [6, 6.07) is 4.13. The lowest BCUT2D eigenvalue weighted by molar-refractivity contribution is -0.150. The Kier molecular flexibility index (Phi) is 4.38. The summed E-state index contributed by atoms with van der Waals surface area (Å²) in [6.45, 7) is 7.82. The van der Waals surface area contributed by atoms with Crippen LogP contribution in [0.2, 0.25) is 0 Å². The topological polar surface area (TPSA) is 35.5 Å². The fourth-order valence-corrected chi connectivity index (χ4v) is 2.32. The summed E-state index contributed by atoms with van der Waals surface area (Å²) < 4.78 is 10.2. The molecular weight excluding hydrogens is 228 g/mol. The molecule has 0 aliphatic heterocycles. The molecule has 0 spiro atoms. The number of aryl methyl sites for hydroxylation is 2. The van der Waals surface area contributed by atoms with Crippen molar-refractivity contribution in [2.75, 3.05) is 14.2 Å². The number of hydrogen-bond acceptors (Lipinski definition) is 3. The minimum absolute atomic E-state index is 0.186. The molecule has 3 heteroatoms. The molecule has 0 saturated carbocycles. The summed E-state index contributed by atoms with van der Waals surface area (Å²) in [6.07, 6.45) is 0.658. The molecule has 100 valence electrons. The van der Waals surface area contributed by atoms with Crippen molar-refractivity contribution in [3.8, 4) is 5.75 Å². The van der Waals surface area contributed by atoms with E-state index in [2.05, 4.69) is 12.1 Å². The lowest BCUT2D eigenvalue weighted by Crippen LogP contribution is -2.28. The third kappa shape index (κ3) is 3.03. The molecule has 0 aliphatic carbocycles. The van der Waals surface area contributed by atoms with Crippen LogP contribution in [0, 0.1) is 19.3 Å². The van der Waals surface area contributed by atoms with Crippen LogP contribution < -0.4 is 4.74 Å². The van der Waals surface area contributed by atoms with Gasteiger partial charge in [-0.2, -0.15) is 0 Å². The van der Waals surface area contributed by atoms with Gasteiger partial charge in [-0.15, -0.1) is 0 Å². The van der Waals surface area contributed by atoms with Gasteiger partial charge in [-0.1, -0.05) is 12.1 Å². The molecule has 0 heterocycles. The largest absolute Gasteiger partial charge is 0.496 e. The molecule has 0 radical (unpaired) electrons. The van der Waals surface area contributed by atoms with Crippen molar-refractivity contribution in [1.82, 2.24) is 0 Å². The van der Waals surface area contributed by atoms with E-state index in [1.807, 2.05) is 27.7 Å². The van der Waals surface area contributed by atoms with Gasteiger partial charge in [-0.05, 0) is 50.8 Å². The molecule has 1 aromatic carbocycles. The molecular formula is C15H22O3. The SMILES string of the molecule is COC(=O)C(C)(C)Cc1cc(C)c(OC)c(C)c1. The van der Waals surface area contributed by atoms with Crippen LogP contribution in [0.5, 0.6) is 5.75 Å². The monoisotopic (exact) mass is 250 g/mol. The fourth-order valence-electron chi connectivity index (χ4n) is 2.32. The Hall–Kier alpha value is -1.51. The number of ether oxygens (including phenoxy) is 2. The van der Waals surface area contributed by atoms with E-state index in [0.717, 1.165) is 22.4 Å². The maximum Gasteiger partial charge on any atom is 0.311 e. The van der Waals surface area contributed by atoms with Gasteiger partial charge >= 0.3 is 5.97 Å². The Morgan fingerprint density at radius 1 is 1.17 bits per heavy atom. The van der Waals surface area contributed by atoms with Crippen LogP contribution in [0.15, 0.2) is 12.1 Å². The maximum absolute atomic E-state index is 11.7. The molecule has 0 aliphatic rings. The molecule has 0 fully saturated rings. The van der Waals surface area contributed by atoms with Crippen LogP contribution in [0.3, 0.4) is 0 Å². The molecule has 0 bridgehead atoms. The van der Waals surface area contributed by atoms with E-state index in [1.165, 1.54) is 7.11 Å². The average molecular weight is 250 g/mol. The highest BCUT2D eigenvalue weighted by atomic mass is 16.5. The summed E-state index contributed by atoms with van der Waals surface area (Å²) in [5, 5.41) is 0. The third-order valence-electron chi connectivity index (χ3n) is 3.11. The highest BCUT2D eigenvalue weighted by Crippen LogP contribution is 2.29. The minimum atomic E-state index is -0.512. The zero-order valence-corrected chi connectivity index (χ0v) is 12.1. The lowest BCUT2D eigenvalue weighted by atomic mass is 9.85. The molecule has 0 amide bonds. The van der Waals surface area contributed by atoms with E-state index in [9.17, 15) is 4.79 Å². The van der Waals surface area contributed by atoms with Gasteiger partial charge in [0.2, 0.25) is 0 Å². The number of hydrogen-bond donors (Lipinski definition) is 0. The van der Waals surface area contributed by atoms with Crippen molar-refractivity contribution in [2.24, 2.45) is 5.41 Å². The number of esters is 1. The number of benzene rings is 1. The van der Waals surface area contributed by atoms with E-state index in [4.69, 9.17) is 9.47 Å². The zero-order valence-electron chi connectivity index (χ0n) is 12.1. The standard InChI is InChI=1S/C15H22O3/c1-10-7-12(8-11(2)13(10)17-5)9-15(3,4)14(16)18-6/h7-8H,9H2,1-6H3. The summed E-state index contributed by atoms with van der Waals surface area (Å²) in [5.41, 5.74) is 2.80. The minimum Gasteiger partial charge on any atom is -0.496 e. The lowest BCUT2D eigenvalue weighted by Gasteiger charge is -2.22. The number of rotatable bonds is 4. The first-order valence-electron chi connectivity index (χ1n) is 6.04. The third-order valence-corrected chi connectivity index (χ3v) is 3.11. The van der Waals surface area contributed by atoms with E-state index in [-0.39, 0.29) is 5.97 Å². The smallest absolute Gasteiger partial charge is 0.311 e. The van der Waals surface area contributed by atoms with Crippen LogP contribution in [0.1, 0.15) is 30.5 Å². The Bertz CT molecular complexity index is 424. The maximum atomic E-state index is 11.7. The first-order valence-corrected chi connectivity index (χ1v) is 6.04. The van der Waals surface area contributed by atoms with Crippen molar-refractivity contribution in [3.63, 3.8) is 0 Å². The second-order valence-electron chi connectivity index (χ2n) is 5.32. The highest BCUT2D eigenvalue weighted by molar-refractivity contribution is 5.76.